The molecule has 4 heteroatoms. The number of piperazine rings is 1. The molecule has 4 nitrogen and oxygen atoms in total. The van der Waals surface area contributed by atoms with E-state index in [0.29, 0.717) is 6.42 Å². The summed E-state index contributed by atoms with van der Waals surface area (Å²) >= 11 is 0. The molecular weight excluding hydrogens is 382 g/mol. The molecule has 0 atom stereocenters. The van der Waals surface area contributed by atoms with Gasteiger partial charge in [-0.1, -0.05) is 91.0 Å². The van der Waals surface area contributed by atoms with Crippen LogP contribution in [0, 0.1) is 0 Å². The van der Waals surface area contributed by atoms with Crippen molar-refractivity contribution in [3.05, 3.63) is 108 Å². The molecule has 4 rings (SSSR count). The molecule has 0 radical (unpaired) electrons. The number of carbonyl (C=O) groups is 1. The maximum Gasteiger partial charge on any atom is 0.232 e. The van der Waals surface area contributed by atoms with E-state index < -0.39 is 5.41 Å². The molecule has 0 aromatic heterocycles. The van der Waals surface area contributed by atoms with Crippen LogP contribution in [0.5, 0.6) is 0 Å². The lowest BCUT2D eigenvalue weighted by molar-refractivity contribution is -0.122. The van der Waals surface area contributed by atoms with Crippen LogP contribution >= 0.6 is 0 Å². The van der Waals surface area contributed by atoms with Crippen LogP contribution < -0.4 is 5.73 Å². The number of carbonyl (C=O) groups excluding carboxylic acids is 1. The highest BCUT2D eigenvalue weighted by Crippen LogP contribution is 2.36. The van der Waals surface area contributed by atoms with Gasteiger partial charge in [-0.2, -0.15) is 0 Å². The van der Waals surface area contributed by atoms with Crippen molar-refractivity contribution in [2.45, 2.75) is 18.4 Å². The van der Waals surface area contributed by atoms with Gasteiger partial charge in [-0.3, -0.25) is 9.69 Å². The first-order valence-corrected chi connectivity index (χ1v) is 11.1. The average Bonchev–Trinajstić information content (AvgIpc) is 2.82. The Kier molecular flexibility index (Phi) is 6.80. The molecule has 0 saturated carbocycles. The summed E-state index contributed by atoms with van der Waals surface area (Å²) in [5, 5.41) is 0. The van der Waals surface area contributed by atoms with E-state index in [1.165, 1.54) is 5.56 Å². The minimum absolute atomic E-state index is 0.285. The normalized spacial score (nSPS) is 15.6. The van der Waals surface area contributed by atoms with Crippen molar-refractivity contribution in [3.63, 3.8) is 0 Å². The summed E-state index contributed by atoms with van der Waals surface area (Å²) in [5.41, 5.74) is 8.57. The number of benzene rings is 3. The van der Waals surface area contributed by atoms with Gasteiger partial charge in [-0.15, -0.1) is 0 Å². The molecule has 3 aromatic carbocycles. The van der Waals surface area contributed by atoms with Gasteiger partial charge >= 0.3 is 0 Å². The molecule has 0 spiro atoms. The zero-order valence-electron chi connectivity index (χ0n) is 18.0. The van der Waals surface area contributed by atoms with E-state index in [0.717, 1.165) is 50.4 Å². The molecule has 160 valence electrons. The van der Waals surface area contributed by atoms with Crippen LogP contribution in [0.15, 0.2) is 91.0 Å². The average molecular weight is 414 g/mol. The number of nitrogens with two attached hydrogens (primary N) is 1. The molecule has 3 aromatic rings. The third-order valence-electron chi connectivity index (χ3n) is 6.47. The van der Waals surface area contributed by atoms with Crippen LogP contribution in [0.4, 0.5) is 0 Å². The van der Waals surface area contributed by atoms with E-state index in [-0.39, 0.29) is 5.91 Å². The van der Waals surface area contributed by atoms with Gasteiger partial charge in [0.15, 0.2) is 0 Å². The summed E-state index contributed by atoms with van der Waals surface area (Å²) in [7, 11) is 0. The van der Waals surface area contributed by atoms with Gasteiger partial charge in [0.05, 0.1) is 5.41 Å². The van der Waals surface area contributed by atoms with E-state index in [1.54, 1.807) is 0 Å². The first-order chi connectivity index (χ1) is 15.2. The van der Waals surface area contributed by atoms with Crippen molar-refractivity contribution in [2.24, 2.45) is 5.73 Å². The second-order valence-corrected chi connectivity index (χ2v) is 8.36. The van der Waals surface area contributed by atoms with Crippen molar-refractivity contribution in [1.82, 2.24) is 9.80 Å². The molecule has 0 aliphatic carbocycles. The second kappa shape index (κ2) is 9.90. The highest BCUT2D eigenvalue weighted by Gasteiger charge is 2.40. The summed E-state index contributed by atoms with van der Waals surface area (Å²) < 4.78 is 0. The van der Waals surface area contributed by atoms with Crippen LogP contribution in [0.3, 0.4) is 0 Å². The molecule has 0 unspecified atom stereocenters. The van der Waals surface area contributed by atoms with Gasteiger partial charge in [-0.05, 0) is 29.7 Å². The second-order valence-electron chi connectivity index (χ2n) is 8.36. The van der Waals surface area contributed by atoms with Crippen molar-refractivity contribution in [1.29, 1.82) is 0 Å². The fourth-order valence-corrected chi connectivity index (χ4v) is 4.65. The van der Waals surface area contributed by atoms with Gasteiger partial charge < -0.3 is 10.6 Å². The van der Waals surface area contributed by atoms with Gasteiger partial charge in [0.25, 0.3) is 0 Å². The van der Waals surface area contributed by atoms with Crippen LogP contribution in [0.2, 0.25) is 0 Å². The number of primary amides is 1. The highest BCUT2D eigenvalue weighted by molar-refractivity contribution is 5.90. The number of amides is 1. The molecule has 0 bridgehead atoms. The Bertz CT molecular complexity index is 912. The van der Waals surface area contributed by atoms with Crippen molar-refractivity contribution >= 4 is 5.91 Å². The molecular formula is C27H31N3O. The number of nitrogens with zero attached hydrogens (tertiary/aromatic N) is 2. The lowest BCUT2D eigenvalue weighted by Crippen LogP contribution is -2.49. The van der Waals surface area contributed by atoms with Crippen LogP contribution in [-0.2, 0) is 16.8 Å². The maximum absolute atomic E-state index is 12.9. The minimum atomic E-state index is -0.816. The van der Waals surface area contributed by atoms with Crippen LogP contribution in [0.1, 0.15) is 23.1 Å². The van der Waals surface area contributed by atoms with E-state index in [9.17, 15) is 4.79 Å². The summed E-state index contributed by atoms with van der Waals surface area (Å²) in [6.45, 7) is 5.92. The first kappa shape index (κ1) is 21.3. The number of rotatable bonds is 8. The highest BCUT2D eigenvalue weighted by atomic mass is 16.1. The topological polar surface area (TPSA) is 49.6 Å². The van der Waals surface area contributed by atoms with Gasteiger partial charge in [0.2, 0.25) is 5.91 Å². The molecule has 1 heterocycles. The summed E-state index contributed by atoms with van der Waals surface area (Å²) in [6.07, 6.45) is 0.676. The Morgan fingerprint density at radius 2 is 1.16 bits per heavy atom. The number of hydrogen-bond acceptors (Lipinski definition) is 3. The lowest BCUT2D eigenvalue weighted by atomic mass is 9.71. The van der Waals surface area contributed by atoms with Crippen molar-refractivity contribution < 1.29 is 4.79 Å². The zero-order chi connectivity index (χ0) is 21.5. The largest absolute Gasteiger partial charge is 0.369 e. The fourth-order valence-electron chi connectivity index (χ4n) is 4.65. The molecule has 2 N–H and O–H groups in total. The molecule has 1 saturated heterocycles. The molecule has 31 heavy (non-hydrogen) atoms. The van der Waals surface area contributed by atoms with Gasteiger partial charge in [0, 0.05) is 32.7 Å². The van der Waals surface area contributed by atoms with Gasteiger partial charge in [-0.25, -0.2) is 0 Å². The first-order valence-electron chi connectivity index (χ1n) is 11.1. The predicted octanol–water partition coefficient (Wildman–Crippen LogP) is 3.67. The Hall–Kier alpha value is -2.95. The Labute approximate surface area is 185 Å². The SMILES string of the molecule is NC(=O)C(CCN1CCN(Cc2ccccc2)CC1)(c1ccccc1)c1ccccc1. The Balaban J connectivity index is 1.46. The monoisotopic (exact) mass is 413 g/mol. The van der Waals surface area contributed by atoms with E-state index in [4.69, 9.17) is 5.73 Å². The molecule has 1 aliphatic heterocycles. The molecule has 1 fully saturated rings. The van der Waals surface area contributed by atoms with Crippen LogP contribution in [-0.4, -0.2) is 48.4 Å². The van der Waals surface area contributed by atoms with Gasteiger partial charge in [0.1, 0.15) is 0 Å². The minimum Gasteiger partial charge on any atom is -0.369 e. The third kappa shape index (κ3) is 4.87. The standard InChI is InChI=1S/C27H31N3O/c28-26(31)27(24-12-6-2-7-13-24,25-14-8-3-9-15-25)16-17-29-18-20-30(21-19-29)22-23-10-4-1-5-11-23/h1-15H,16-22H2,(H2,28,31). The predicted molar refractivity (Wildman–Crippen MR) is 126 cm³/mol. The van der Waals surface area contributed by atoms with E-state index in [2.05, 4.69) is 40.1 Å². The zero-order valence-corrected chi connectivity index (χ0v) is 18.0. The van der Waals surface area contributed by atoms with E-state index >= 15 is 0 Å². The molecule has 1 amide bonds. The quantitative estimate of drug-likeness (QED) is 0.613. The lowest BCUT2D eigenvalue weighted by Gasteiger charge is -2.38. The Morgan fingerprint density at radius 1 is 0.710 bits per heavy atom. The third-order valence-corrected chi connectivity index (χ3v) is 6.47. The summed E-state index contributed by atoms with van der Waals surface area (Å²) in [4.78, 5) is 17.9. The fraction of sp³-hybridized carbons (Fsp3) is 0.296. The number of hydrogen-bond donors (Lipinski definition) is 1. The van der Waals surface area contributed by atoms with Crippen molar-refractivity contribution in [2.75, 3.05) is 32.7 Å². The Morgan fingerprint density at radius 3 is 1.65 bits per heavy atom. The van der Waals surface area contributed by atoms with E-state index in [1.807, 2.05) is 60.7 Å². The van der Waals surface area contributed by atoms with Crippen molar-refractivity contribution in [3.8, 4) is 0 Å². The maximum atomic E-state index is 12.9. The summed E-state index contributed by atoms with van der Waals surface area (Å²) in [5.74, 6) is -0.285. The molecule has 1 aliphatic rings. The smallest absolute Gasteiger partial charge is 0.232 e. The summed E-state index contributed by atoms with van der Waals surface area (Å²) in [6, 6.07) is 30.6. The van der Waals surface area contributed by atoms with Crippen LogP contribution in [0.25, 0.3) is 0 Å².